The number of rotatable bonds is 3. The molecule has 1 atom stereocenters. The van der Waals surface area contributed by atoms with Gasteiger partial charge in [-0.15, -0.1) is 0 Å². The maximum atomic E-state index is 11.8. The molecule has 1 unspecified atom stereocenters. The van der Waals surface area contributed by atoms with Gasteiger partial charge in [0.1, 0.15) is 0 Å². The molecule has 4 nitrogen and oxygen atoms in total. The molecule has 0 radical (unpaired) electrons. The molecule has 2 fully saturated rings. The molecule has 136 valence electrons. The van der Waals surface area contributed by atoms with Gasteiger partial charge in [0.25, 0.3) is 0 Å². The second-order valence-electron chi connectivity index (χ2n) is 6.93. The third-order valence-electron chi connectivity index (χ3n) is 4.13. The minimum atomic E-state index is -0.128. The zero-order valence-corrected chi connectivity index (χ0v) is 15.8. The van der Waals surface area contributed by atoms with Gasteiger partial charge in [0, 0.05) is 25.5 Å². The van der Waals surface area contributed by atoms with Crippen LogP contribution in [0, 0.1) is 17.8 Å². The van der Waals surface area contributed by atoms with E-state index in [0.29, 0.717) is 24.8 Å². The average molecular weight is 328 g/mol. The molecular formula is C19H37NO3. The molecule has 1 aliphatic carbocycles. The number of hydrogen-bond donors (Lipinski definition) is 1. The molecule has 0 spiro atoms. The summed E-state index contributed by atoms with van der Waals surface area (Å²) >= 11 is 0. The Kier molecular flexibility index (Phi) is 12.0. The number of carbonyl (C=O) groups is 2. The molecule has 0 aromatic rings. The Morgan fingerprint density at radius 1 is 0.957 bits per heavy atom. The maximum absolute atomic E-state index is 11.8. The van der Waals surface area contributed by atoms with Crippen LogP contribution in [0.4, 0.5) is 0 Å². The standard InChI is InChI=1S/C13H21NO3.2C3H8/c1-9-6-12(16)14(13(9)17)7-10-2-4-11(8-15)5-3-10;2*1-3-2/h9-11,15H,2-8H2,1H3;2*3H2,1-2H3. The molecule has 2 aliphatic rings. The zero-order chi connectivity index (χ0) is 17.8. The van der Waals surface area contributed by atoms with Gasteiger partial charge in [-0.1, -0.05) is 47.5 Å². The lowest BCUT2D eigenvalue weighted by molar-refractivity contribution is -0.140. The van der Waals surface area contributed by atoms with Crippen molar-refractivity contribution in [1.82, 2.24) is 4.90 Å². The minimum Gasteiger partial charge on any atom is -0.396 e. The van der Waals surface area contributed by atoms with E-state index in [2.05, 4.69) is 27.7 Å². The number of imide groups is 1. The quantitative estimate of drug-likeness (QED) is 0.797. The van der Waals surface area contributed by atoms with Crippen LogP contribution in [0.2, 0.25) is 0 Å². The van der Waals surface area contributed by atoms with Crippen molar-refractivity contribution >= 4 is 11.8 Å². The summed E-state index contributed by atoms with van der Waals surface area (Å²) in [4.78, 5) is 24.9. The molecule has 23 heavy (non-hydrogen) atoms. The fourth-order valence-corrected chi connectivity index (χ4v) is 2.89. The number of hydrogen-bond acceptors (Lipinski definition) is 3. The number of nitrogens with zero attached hydrogens (tertiary/aromatic N) is 1. The lowest BCUT2D eigenvalue weighted by atomic mass is 9.82. The first-order valence-corrected chi connectivity index (χ1v) is 9.39. The van der Waals surface area contributed by atoms with Gasteiger partial charge in [0.15, 0.2) is 0 Å². The second kappa shape index (κ2) is 12.5. The number of carbonyl (C=O) groups excluding carboxylic acids is 2. The van der Waals surface area contributed by atoms with Crippen molar-refractivity contribution in [3.63, 3.8) is 0 Å². The topological polar surface area (TPSA) is 57.6 Å². The van der Waals surface area contributed by atoms with E-state index in [9.17, 15) is 9.59 Å². The van der Waals surface area contributed by atoms with Gasteiger partial charge >= 0.3 is 0 Å². The van der Waals surface area contributed by atoms with Crippen molar-refractivity contribution in [2.45, 2.75) is 79.6 Å². The molecule has 4 heteroatoms. The summed E-state index contributed by atoms with van der Waals surface area (Å²) in [7, 11) is 0. The second-order valence-corrected chi connectivity index (χ2v) is 6.93. The summed E-state index contributed by atoms with van der Waals surface area (Å²) < 4.78 is 0. The Morgan fingerprint density at radius 2 is 1.39 bits per heavy atom. The van der Waals surface area contributed by atoms with Crippen molar-refractivity contribution in [3.8, 4) is 0 Å². The monoisotopic (exact) mass is 327 g/mol. The molecule has 1 N–H and O–H groups in total. The smallest absolute Gasteiger partial charge is 0.232 e. The molecule has 0 bridgehead atoms. The van der Waals surface area contributed by atoms with E-state index >= 15 is 0 Å². The summed E-state index contributed by atoms with van der Waals surface area (Å²) in [6, 6.07) is 0. The summed E-state index contributed by atoms with van der Waals surface area (Å²) in [5.41, 5.74) is 0. The van der Waals surface area contributed by atoms with Gasteiger partial charge in [-0.25, -0.2) is 0 Å². The largest absolute Gasteiger partial charge is 0.396 e. The van der Waals surface area contributed by atoms with Gasteiger partial charge < -0.3 is 5.11 Å². The Hall–Kier alpha value is -0.900. The number of aliphatic hydroxyl groups is 1. The van der Waals surface area contributed by atoms with Crippen LogP contribution < -0.4 is 0 Å². The first-order chi connectivity index (χ1) is 10.9. The van der Waals surface area contributed by atoms with Crippen molar-refractivity contribution in [2.24, 2.45) is 17.8 Å². The van der Waals surface area contributed by atoms with Crippen molar-refractivity contribution in [3.05, 3.63) is 0 Å². The summed E-state index contributed by atoms with van der Waals surface area (Å²) in [6.45, 7) is 11.2. The Morgan fingerprint density at radius 3 is 1.74 bits per heavy atom. The fourth-order valence-electron chi connectivity index (χ4n) is 2.89. The summed E-state index contributed by atoms with van der Waals surface area (Å²) in [5.74, 6) is 0.730. The summed E-state index contributed by atoms with van der Waals surface area (Å²) in [5, 5.41) is 9.06. The first kappa shape index (κ1) is 22.1. The van der Waals surface area contributed by atoms with Crippen LogP contribution in [0.3, 0.4) is 0 Å². The van der Waals surface area contributed by atoms with Gasteiger partial charge in [-0.3, -0.25) is 14.5 Å². The van der Waals surface area contributed by atoms with Crippen LogP contribution in [-0.4, -0.2) is 35.0 Å². The van der Waals surface area contributed by atoms with Crippen molar-refractivity contribution < 1.29 is 14.7 Å². The lowest BCUT2D eigenvalue weighted by Crippen LogP contribution is -2.36. The van der Waals surface area contributed by atoms with E-state index in [1.165, 1.54) is 17.7 Å². The van der Waals surface area contributed by atoms with E-state index in [0.717, 1.165) is 25.7 Å². The highest BCUT2D eigenvalue weighted by molar-refractivity contribution is 6.03. The lowest BCUT2D eigenvalue weighted by Gasteiger charge is -2.29. The van der Waals surface area contributed by atoms with E-state index in [-0.39, 0.29) is 24.3 Å². The van der Waals surface area contributed by atoms with Crippen LogP contribution in [0.15, 0.2) is 0 Å². The molecule has 1 heterocycles. The van der Waals surface area contributed by atoms with Crippen LogP contribution in [-0.2, 0) is 9.59 Å². The number of amides is 2. The third kappa shape index (κ3) is 7.96. The normalized spacial score (nSPS) is 27.0. The van der Waals surface area contributed by atoms with Crippen molar-refractivity contribution in [1.29, 1.82) is 0 Å². The van der Waals surface area contributed by atoms with Gasteiger partial charge in [0.2, 0.25) is 11.8 Å². The van der Waals surface area contributed by atoms with E-state index in [1.807, 2.05) is 6.92 Å². The minimum absolute atomic E-state index is 0.000665. The Balaban J connectivity index is 0.000000704. The molecule has 0 aromatic heterocycles. The van der Waals surface area contributed by atoms with E-state index < -0.39 is 0 Å². The first-order valence-electron chi connectivity index (χ1n) is 9.39. The zero-order valence-electron chi connectivity index (χ0n) is 15.8. The molecule has 1 saturated heterocycles. The Labute approximate surface area is 142 Å². The molecule has 2 rings (SSSR count). The third-order valence-corrected chi connectivity index (χ3v) is 4.13. The van der Waals surface area contributed by atoms with Crippen LogP contribution in [0.5, 0.6) is 0 Å². The molecular weight excluding hydrogens is 290 g/mol. The predicted octanol–water partition coefficient (Wildman–Crippen LogP) is 4.01. The van der Waals surface area contributed by atoms with Gasteiger partial charge in [-0.2, -0.15) is 0 Å². The Bertz CT molecular complexity index is 334. The SMILES string of the molecule is CC1CC(=O)N(CC2CCC(CO)CC2)C1=O.CCC.CCC. The highest BCUT2D eigenvalue weighted by Gasteiger charge is 2.37. The van der Waals surface area contributed by atoms with E-state index in [1.54, 1.807) is 0 Å². The molecule has 0 aromatic carbocycles. The van der Waals surface area contributed by atoms with Crippen LogP contribution in [0.25, 0.3) is 0 Å². The van der Waals surface area contributed by atoms with Crippen LogP contribution >= 0.6 is 0 Å². The van der Waals surface area contributed by atoms with E-state index in [4.69, 9.17) is 5.11 Å². The highest BCUT2D eigenvalue weighted by atomic mass is 16.3. The van der Waals surface area contributed by atoms with Gasteiger partial charge in [0.05, 0.1) is 0 Å². The number of aliphatic hydroxyl groups excluding tert-OH is 1. The average Bonchev–Trinajstić information content (AvgIpc) is 2.76. The fraction of sp³-hybridized carbons (Fsp3) is 0.895. The molecule has 2 amide bonds. The van der Waals surface area contributed by atoms with Crippen molar-refractivity contribution in [2.75, 3.05) is 13.2 Å². The predicted molar refractivity (Wildman–Crippen MR) is 95.0 cm³/mol. The van der Waals surface area contributed by atoms with Crippen LogP contribution in [0.1, 0.15) is 79.6 Å². The number of likely N-dealkylation sites (tertiary alicyclic amines) is 1. The van der Waals surface area contributed by atoms with Gasteiger partial charge in [-0.05, 0) is 37.5 Å². The maximum Gasteiger partial charge on any atom is 0.232 e. The summed E-state index contributed by atoms with van der Waals surface area (Å²) in [6.07, 6.45) is 6.97. The molecule has 1 aliphatic heterocycles. The highest BCUT2D eigenvalue weighted by Crippen LogP contribution is 2.30. The molecule has 1 saturated carbocycles.